The zero-order chi connectivity index (χ0) is 27.2. The molecule has 0 radical (unpaired) electrons. The number of ether oxygens (including phenoxy) is 2. The van der Waals surface area contributed by atoms with Crippen LogP contribution in [-0.4, -0.2) is 60.3 Å². The Morgan fingerprint density at radius 2 is 1.79 bits per heavy atom. The SMILES string of the molecule is CC(C)COC(=O)N1CCc2c([nH]c3ccc(Cl)cc23)C1c1ccc(OCCCCCCN2CCCC2)cc1. The van der Waals surface area contributed by atoms with Gasteiger partial charge in [-0.3, -0.25) is 4.90 Å². The summed E-state index contributed by atoms with van der Waals surface area (Å²) in [6.45, 7) is 9.64. The number of aromatic nitrogens is 1. The fourth-order valence-electron chi connectivity index (χ4n) is 5.86. The molecule has 3 heterocycles. The number of unbranched alkanes of at least 4 members (excludes halogenated alkanes) is 3. The fraction of sp³-hybridized carbons (Fsp3) is 0.531. The molecule has 0 spiro atoms. The van der Waals surface area contributed by atoms with Gasteiger partial charge in [-0.1, -0.05) is 50.4 Å². The first-order chi connectivity index (χ1) is 19.0. The lowest BCUT2D eigenvalue weighted by molar-refractivity contribution is 0.0797. The van der Waals surface area contributed by atoms with Gasteiger partial charge in [0.15, 0.2) is 0 Å². The predicted octanol–water partition coefficient (Wildman–Crippen LogP) is 7.60. The van der Waals surface area contributed by atoms with Crippen LogP contribution in [0.25, 0.3) is 10.9 Å². The summed E-state index contributed by atoms with van der Waals surface area (Å²) in [7, 11) is 0. The Kier molecular flexibility index (Phi) is 9.36. The molecule has 1 aromatic heterocycles. The van der Waals surface area contributed by atoms with Crippen LogP contribution >= 0.6 is 11.6 Å². The molecule has 39 heavy (non-hydrogen) atoms. The lowest BCUT2D eigenvalue weighted by atomic mass is 9.92. The van der Waals surface area contributed by atoms with Crippen molar-refractivity contribution < 1.29 is 14.3 Å². The van der Waals surface area contributed by atoms with E-state index in [1.54, 1.807) is 0 Å². The van der Waals surface area contributed by atoms with Gasteiger partial charge in [-0.05, 0) is 99.1 Å². The van der Waals surface area contributed by atoms with Gasteiger partial charge in [-0.25, -0.2) is 4.79 Å². The number of fused-ring (bicyclic) bond motifs is 3. The van der Waals surface area contributed by atoms with Crippen molar-refractivity contribution in [3.05, 3.63) is 64.3 Å². The highest BCUT2D eigenvalue weighted by molar-refractivity contribution is 6.31. The van der Waals surface area contributed by atoms with Crippen molar-refractivity contribution in [1.29, 1.82) is 0 Å². The maximum absolute atomic E-state index is 13.2. The minimum Gasteiger partial charge on any atom is -0.494 e. The molecule has 0 aliphatic carbocycles. The molecular weight excluding hydrogens is 510 g/mol. The van der Waals surface area contributed by atoms with E-state index in [-0.39, 0.29) is 18.1 Å². The second-order valence-corrected chi connectivity index (χ2v) is 11.8. The van der Waals surface area contributed by atoms with Crippen LogP contribution in [0.1, 0.15) is 75.2 Å². The summed E-state index contributed by atoms with van der Waals surface area (Å²) >= 11 is 6.33. The minimum atomic E-state index is -0.277. The van der Waals surface area contributed by atoms with Gasteiger partial charge in [0.2, 0.25) is 0 Å². The van der Waals surface area contributed by atoms with Crippen molar-refractivity contribution in [2.75, 3.05) is 39.4 Å². The molecule has 0 bridgehead atoms. The second-order valence-electron chi connectivity index (χ2n) is 11.4. The van der Waals surface area contributed by atoms with Crippen LogP contribution < -0.4 is 4.74 Å². The summed E-state index contributed by atoms with van der Waals surface area (Å²) < 4.78 is 11.7. The average Bonchev–Trinajstić information content (AvgIpc) is 3.59. The summed E-state index contributed by atoms with van der Waals surface area (Å²) in [6.07, 6.45) is 8.03. The van der Waals surface area contributed by atoms with Gasteiger partial charge in [0.25, 0.3) is 0 Å². The van der Waals surface area contributed by atoms with Gasteiger partial charge in [0.1, 0.15) is 11.8 Å². The Hall–Kier alpha value is -2.70. The van der Waals surface area contributed by atoms with Gasteiger partial charge in [-0.15, -0.1) is 0 Å². The number of H-pyrrole nitrogens is 1. The molecule has 3 aromatic rings. The summed E-state index contributed by atoms with van der Waals surface area (Å²) in [5.41, 5.74) is 4.31. The van der Waals surface area contributed by atoms with Crippen molar-refractivity contribution in [2.24, 2.45) is 5.92 Å². The number of rotatable bonds is 11. The molecular formula is C32H42ClN3O3. The molecule has 1 fully saturated rings. The van der Waals surface area contributed by atoms with E-state index >= 15 is 0 Å². The largest absolute Gasteiger partial charge is 0.494 e. The zero-order valence-corrected chi connectivity index (χ0v) is 24.1. The van der Waals surface area contributed by atoms with Crippen LogP contribution in [0.5, 0.6) is 5.75 Å². The molecule has 1 unspecified atom stereocenters. The van der Waals surface area contributed by atoms with Crippen molar-refractivity contribution in [1.82, 2.24) is 14.8 Å². The zero-order valence-electron chi connectivity index (χ0n) is 23.4. The van der Waals surface area contributed by atoms with E-state index in [1.165, 1.54) is 57.3 Å². The number of aromatic amines is 1. The smallest absolute Gasteiger partial charge is 0.410 e. The van der Waals surface area contributed by atoms with Gasteiger partial charge < -0.3 is 19.4 Å². The Bertz CT molecular complexity index is 1230. The molecule has 1 atom stereocenters. The number of carbonyl (C=O) groups is 1. The first-order valence-corrected chi connectivity index (χ1v) is 15.1. The third kappa shape index (κ3) is 6.90. The van der Waals surface area contributed by atoms with Gasteiger partial charge in [-0.2, -0.15) is 0 Å². The number of hydrogen-bond acceptors (Lipinski definition) is 4. The summed E-state index contributed by atoms with van der Waals surface area (Å²) in [5.74, 6) is 1.15. The lowest BCUT2D eigenvalue weighted by Crippen LogP contribution is -2.41. The van der Waals surface area contributed by atoms with E-state index in [0.29, 0.717) is 18.2 Å². The standard InChI is InChI=1S/C32H42ClN3O3/c1-23(2)22-39-32(37)36-19-15-27-28-21-25(33)11-14-29(28)34-30(27)31(36)24-9-12-26(13-10-24)38-20-8-4-3-5-16-35-17-6-7-18-35/h9-14,21,23,31,34H,3-8,15-20,22H2,1-2H3. The van der Waals surface area contributed by atoms with E-state index in [2.05, 4.69) is 22.0 Å². The van der Waals surface area contributed by atoms with Crippen molar-refractivity contribution in [3.8, 4) is 5.75 Å². The lowest BCUT2D eigenvalue weighted by Gasteiger charge is -2.35. The number of nitrogens with zero attached hydrogens (tertiary/aromatic N) is 2. The molecule has 2 aliphatic heterocycles. The van der Waals surface area contributed by atoms with Crippen LogP contribution in [0.3, 0.4) is 0 Å². The van der Waals surface area contributed by atoms with E-state index < -0.39 is 0 Å². The number of carbonyl (C=O) groups excluding carboxylic acids is 1. The normalized spacial score (nSPS) is 17.6. The van der Waals surface area contributed by atoms with Crippen LogP contribution in [0, 0.1) is 5.92 Å². The van der Waals surface area contributed by atoms with Crippen LogP contribution in [0.4, 0.5) is 4.79 Å². The molecule has 2 aromatic carbocycles. The Morgan fingerprint density at radius 1 is 1.03 bits per heavy atom. The van der Waals surface area contributed by atoms with Gasteiger partial charge in [0.05, 0.1) is 13.2 Å². The quantitative estimate of drug-likeness (QED) is 0.249. The van der Waals surface area contributed by atoms with Gasteiger partial charge >= 0.3 is 6.09 Å². The Morgan fingerprint density at radius 3 is 2.56 bits per heavy atom. The molecule has 210 valence electrons. The average molecular weight is 552 g/mol. The van der Waals surface area contributed by atoms with Gasteiger partial charge in [0, 0.05) is 28.2 Å². The maximum Gasteiger partial charge on any atom is 0.410 e. The van der Waals surface area contributed by atoms with Crippen molar-refractivity contribution in [3.63, 3.8) is 0 Å². The van der Waals surface area contributed by atoms with E-state index in [9.17, 15) is 4.79 Å². The molecule has 5 rings (SSSR count). The molecule has 2 aliphatic rings. The van der Waals surface area contributed by atoms with Crippen molar-refractivity contribution in [2.45, 2.75) is 64.8 Å². The summed E-state index contributed by atoms with van der Waals surface area (Å²) in [5, 5.41) is 1.84. The van der Waals surface area contributed by atoms with E-state index in [0.717, 1.165) is 47.4 Å². The van der Waals surface area contributed by atoms with Crippen molar-refractivity contribution >= 4 is 28.6 Å². The third-order valence-corrected chi connectivity index (χ3v) is 8.13. The Labute approximate surface area is 237 Å². The number of hydrogen-bond donors (Lipinski definition) is 1. The minimum absolute atomic E-state index is 0.260. The molecule has 7 heteroatoms. The highest BCUT2D eigenvalue weighted by Gasteiger charge is 2.35. The molecule has 1 amide bonds. The molecule has 0 saturated carbocycles. The number of nitrogens with one attached hydrogen (secondary N) is 1. The predicted molar refractivity (Wildman–Crippen MR) is 158 cm³/mol. The van der Waals surface area contributed by atoms with E-state index in [4.69, 9.17) is 21.1 Å². The first kappa shape index (κ1) is 27.9. The summed E-state index contributed by atoms with van der Waals surface area (Å²) in [6, 6.07) is 13.9. The molecule has 1 saturated heterocycles. The highest BCUT2D eigenvalue weighted by atomic mass is 35.5. The van der Waals surface area contributed by atoms with E-state index in [1.807, 2.05) is 49.1 Å². The number of likely N-dealkylation sites (tertiary alicyclic amines) is 1. The fourth-order valence-corrected chi connectivity index (χ4v) is 6.03. The monoisotopic (exact) mass is 551 g/mol. The maximum atomic E-state index is 13.2. The van der Waals surface area contributed by atoms with Crippen LogP contribution in [0.15, 0.2) is 42.5 Å². The second kappa shape index (κ2) is 13.1. The van der Waals surface area contributed by atoms with Crippen LogP contribution in [-0.2, 0) is 11.2 Å². The topological polar surface area (TPSA) is 57.8 Å². The molecule has 1 N–H and O–H groups in total. The Balaban J connectivity index is 1.24. The molecule has 6 nitrogen and oxygen atoms in total. The third-order valence-electron chi connectivity index (χ3n) is 7.90. The number of benzene rings is 2. The first-order valence-electron chi connectivity index (χ1n) is 14.7. The highest BCUT2D eigenvalue weighted by Crippen LogP contribution is 2.39. The number of amides is 1. The number of halogens is 1. The summed E-state index contributed by atoms with van der Waals surface area (Å²) in [4.78, 5) is 21.2. The van der Waals surface area contributed by atoms with Crippen LogP contribution in [0.2, 0.25) is 5.02 Å².